The van der Waals surface area contributed by atoms with Gasteiger partial charge in [0.05, 0.1) is 10.8 Å². The third kappa shape index (κ3) is 2.01. The minimum Gasteiger partial charge on any atom is -0.480 e. The Morgan fingerprint density at radius 3 is 2.21 bits per heavy atom. The van der Waals surface area contributed by atoms with Crippen LogP contribution in [0.3, 0.4) is 0 Å². The van der Waals surface area contributed by atoms with Crippen molar-refractivity contribution in [2.45, 2.75) is 23.5 Å². The second-order valence-electron chi connectivity index (χ2n) is 3.40. The summed E-state index contributed by atoms with van der Waals surface area (Å²) < 4.78 is 10.6. The quantitative estimate of drug-likeness (QED) is 0.829. The Morgan fingerprint density at radius 1 is 1.29 bits per heavy atom. The molecule has 3 nitrogen and oxygen atoms in total. The van der Waals surface area contributed by atoms with Gasteiger partial charge in [-0.25, -0.2) is 0 Å². The van der Waals surface area contributed by atoms with Gasteiger partial charge in [0, 0.05) is 4.90 Å². The van der Waals surface area contributed by atoms with Crippen LogP contribution in [0, 0.1) is 0 Å². The first-order valence-corrected chi connectivity index (χ1v) is 5.31. The summed E-state index contributed by atoms with van der Waals surface area (Å²) in [5.41, 5.74) is 0. The molecule has 1 aromatic carbocycles. The van der Waals surface area contributed by atoms with E-state index in [0.29, 0.717) is 4.90 Å². The van der Waals surface area contributed by atoms with E-state index < -0.39 is 21.5 Å². The number of carboxylic acids is 1. The van der Waals surface area contributed by atoms with Crippen molar-refractivity contribution in [1.82, 2.24) is 0 Å². The van der Waals surface area contributed by atoms with Gasteiger partial charge in [-0.15, -0.1) is 0 Å². The van der Waals surface area contributed by atoms with Crippen molar-refractivity contribution >= 4 is 16.8 Å². The lowest BCUT2D eigenvalue weighted by Gasteiger charge is -2.18. The molecule has 1 aromatic rings. The van der Waals surface area contributed by atoms with Crippen LogP contribution in [0.5, 0.6) is 0 Å². The van der Waals surface area contributed by atoms with E-state index in [2.05, 4.69) is 0 Å². The van der Waals surface area contributed by atoms with Crippen LogP contribution in [0.15, 0.2) is 35.2 Å². The Kier molecular flexibility index (Phi) is 3.06. The maximum absolute atomic E-state index is 11.8. The summed E-state index contributed by atoms with van der Waals surface area (Å²) >= 11 is 0. The zero-order valence-electron chi connectivity index (χ0n) is 8.06. The van der Waals surface area contributed by atoms with Crippen molar-refractivity contribution < 1.29 is 14.1 Å². The van der Waals surface area contributed by atoms with E-state index in [1.807, 2.05) is 0 Å². The first-order chi connectivity index (χ1) is 6.46. The summed E-state index contributed by atoms with van der Waals surface area (Å²) in [6, 6.07) is 8.62. The maximum atomic E-state index is 11.8. The van der Waals surface area contributed by atoms with Gasteiger partial charge in [0.25, 0.3) is 0 Å². The fourth-order valence-corrected chi connectivity index (χ4v) is 2.07. The molecule has 1 atom stereocenters. The van der Waals surface area contributed by atoms with Gasteiger partial charge in [-0.05, 0) is 26.0 Å². The highest BCUT2D eigenvalue weighted by atomic mass is 32.2. The molecule has 4 heteroatoms. The van der Waals surface area contributed by atoms with E-state index in [1.54, 1.807) is 30.3 Å². The molecular weight excluding hydrogens is 200 g/mol. The lowest BCUT2D eigenvalue weighted by molar-refractivity contribution is -0.139. The summed E-state index contributed by atoms with van der Waals surface area (Å²) in [6.45, 7) is 2.91. The van der Waals surface area contributed by atoms with Crippen LogP contribution in [-0.4, -0.2) is 20.0 Å². The molecule has 0 spiro atoms. The SMILES string of the molecule is CC(C)(C(=O)O)S(=O)c1ccccc1. The zero-order valence-corrected chi connectivity index (χ0v) is 8.88. The Morgan fingerprint density at radius 2 is 1.79 bits per heavy atom. The Balaban J connectivity index is 3.03. The molecule has 76 valence electrons. The van der Waals surface area contributed by atoms with E-state index in [-0.39, 0.29) is 0 Å². The van der Waals surface area contributed by atoms with Crippen molar-refractivity contribution in [3.63, 3.8) is 0 Å². The molecule has 0 aliphatic carbocycles. The fraction of sp³-hybridized carbons (Fsp3) is 0.300. The highest BCUT2D eigenvalue weighted by molar-refractivity contribution is 7.87. The van der Waals surface area contributed by atoms with Gasteiger partial charge in [-0.3, -0.25) is 9.00 Å². The zero-order chi connectivity index (χ0) is 10.8. The number of carboxylic acid groups (broad SMARTS) is 1. The summed E-state index contributed by atoms with van der Waals surface area (Å²) in [5.74, 6) is -1.06. The lowest BCUT2D eigenvalue weighted by Crippen LogP contribution is -2.36. The minimum atomic E-state index is -1.52. The monoisotopic (exact) mass is 212 g/mol. The van der Waals surface area contributed by atoms with Gasteiger partial charge in [0.15, 0.2) is 0 Å². The molecule has 0 saturated carbocycles. The van der Waals surface area contributed by atoms with Crippen LogP contribution in [-0.2, 0) is 15.6 Å². The Hall–Kier alpha value is -1.16. The second kappa shape index (κ2) is 3.92. The second-order valence-corrected chi connectivity index (χ2v) is 5.43. The van der Waals surface area contributed by atoms with Crippen LogP contribution in [0.25, 0.3) is 0 Å². The third-order valence-electron chi connectivity index (χ3n) is 1.94. The first kappa shape index (κ1) is 10.9. The molecule has 0 fully saturated rings. The van der Waals surface area contributed by atoms with Crippen molar-refractivity contribution in [3.8, 4) is 0 Å². The predicted molar refractivity (Wildman–Crippen MR) is 54.6 cm³/mol. The molecule has 0 amide bonds. The summed E-state index contributed by atoms with van der Waals surface area (Å²) in [4.78, 5) is 11.4. The van der Waals surface area contributed by atoms with E-state index in [4.69, 9.17) is 5.11 Å². The lowest BCUT2D eigenvalue weighted by atomic mass is 10.2. The summed E-state index contributed by atoms with van der Waals surface area (Å²) in [5, 5.41) is 8.88. The van der Waals surface area contributed by atoms with Crippen LogP contribution in [0.4, 0.5) is 0 Å². The number of hydrogen-bond acceptors (Lipinski definition) is 2. The van der Waals surface area contributed by atoms with E-state index in [1.165, 1.54) is 13.8 Å². The highest BCUT2D eigenvalue weighted by Crippen LogP contribution is 2.20. The number of benzene rings is 1. The van der Waals surface area contributed by atoms with Crippen molar-refractivity contribution in [3.05, 3.63) is 30.3 Å². The standard InChI is InChI=1S/C10H12O3S/c1-10(2,9(11)12)14(13)8-6-4-3-5-7-8/h3-7H,1-2H3,(H,11,12). The predicted octanol–water partition coefficient (Wildman–Crippen LogP) is 1.66. The average molecular weight is 212 g/mol. The number of hydrogen-bond donors (Lipinski definition) is 1. The molecule has 1 rings (SSSR count). The largest absolute Gasteiger partial charge is 0.480 e. The highest BCUT2D eigenvalue weighted by Gasteiger charge is 2.35. The molecule has 0 aromatic heterocycles. The van der Waals surface area contributed by atoms with Gasteiger partial charge in [0.2, 0.25) is 0 Å². The smallest absolute Gasteiger partial charge is 0.322 e. The van der Waals surface area contributed by atoms with Gasteiger partial charge in [-0.2, -0.15) is 0 Å². The number of carbonyl (C=O) groups is 1. The van der Waals surface area contributed by atoms with Gasteiger partial charge >= 0.3 is 5.97 Å². The molecule has 0 aliphatic heterocycles. The molecule has 0 radical (unpaired) electrons. The molecule has 0 bridgehead atoms. The van der Waals surface area contributed by atoms with Crippen molar-refractivity contribution in [2.75, 3.05) is 0 Å². The topological polar surface area (TPSA) is 54.4 Å². The normalized spacial score (nSPS) is 13.6. The van der Waals surface area contributed by atoms with Gasteiger partial charge < -0.3 is 5.11 Å². The molecule has 0 aliphatic rings. The molecule has 0 saturated heterocycles. The molecule has 1 unspecified atom stereocenters. The molecular formula is C10H12O3S. The van der Waals surface area contributed by atoms with E-state index in [0.717, 1.165) is 0 Å². The Labute approximate surface area is 85.2 Å². The van der Waals surface area contributed by atoms with Gasteiger partial charge in [-0.1, -0.05) is 18.2 Å². The summed E-state index contributed by atoms with van der Waals surface area (Å²) in [7, 11) is -1.52. The Bertz CT molecular complexity index is 357. The molecule has 1 N–H and O–H groups in total. The van der Waals surface area contributed by atoms with Crippen molar-refractivity contribution in [1.29, 1.82) is 0 Å². The number of rotatable bonds is 3. The van der Waals surface area contributed by atoms with Crippen LogP contribution >= 0.6 is 0 Å². The molecule has 0 heterocycles. The van der Waals surface area contributed by atoms with Crippen LogP contribution < -0.4 is 0 Å². The summed E-state index contributed by atoms with van der Waals surface area (Å²) in [6.07, 6.45) is 0. The first-order valence-electron chi connectivity index (χ1n) is 4.16. The molecule has 14 heavy (non-hydrogen) atoms. The fourth-order valence-electron chi connectivity index (χ4n) is 0.918. The minimum absolute atomic E-state index is 0.542. The average Bonchev–Trinajstić information content (AvgIpc) is 2.17. The van der Waals surface area contributed by atoms with Crippen LogP contribution in [0.2, 0.25) is 0 Å². The van der Waals surface area contributed by atoms with E-state index in [9.17, 15) is 9.00 Å². The van der Waals surface area contributed by atoms with Crippen LogP contribution in [0.1, 0.15) is 13.8 Å². The third-order valence-corrected chi connectivity index (χ3v) is 3.74. The van der Waals surface area contributed by atoms with E-state index >= 15 is 0 Å². The van der Waals surface area contributed by atoms with Crippen molar-refractivity contribution in [2.24, 2.45) is 0 Å². The van der Waals surface area contributed by atoms with Gasteiger partial charge in [0.1, 0.15) is 4.75 Å². The maximum Gasteiger partial charge on any atom is 0.322 e. The number of aliphatic carboxylic acids is 1.